The summed E-state index contributed by atoms with van der Waals surface area (Å²) in [5.74, 6) is 3.45. The maximum atomic E-state index is 12.9. The summed E-state index contributed by atoms with van der Waals surface area (Å²) in [6.45, 7) is 0. The van der Waals surface area contributed by atoms with Crippen LogP contribution in [0.1, 0.15) is 5.69 Å². The SMILES string of the molecule is C=S(=O)(NS(=O)(=O)c1ccc(-c2cc(C(F)(F)F)n(C)n2)s1)c1ccc(Cl)cc1. The molecule has 1 N–H and O–H groups in total. The van der Waals surface area contributed by atoms with Gasteiger partial charge in [-0.05, 0) is 48.3 Å². The fraction of sp³-hybridized carbons (Fsp3) is 0.125. The van der Waals surface area contributed by atoms with E-state index in [-0.39, 0.29) is 19.7 Å². The second-order valence-electron chi connectivity index (χ2n) is 5.87. The lowest BCUT2D eigenvalue weighted by Gasteiger charge is -2.11. The Balaban J connectivity index is 1.90. The van der Waals surface area contributed by atoms with E-state index in [1.807, 2.05) is 4.13 Å². The molecule has 0 radical (unpaired) electrons. The van der Waals surface area contributed by atoms with Crippen LogP contribution in [0.15, 0.2) is 51.6 Å². The van der Waals surface area contributed by atoms with Gasteiger partial charge >= 0.3 is 6.18 Å². The number of halogens is 4. The summed E-state index contributed by atoms with van der Waals surface area (Å²) in [6, 6.07) is 9.00. The number of aromatic nitrogens is 2. The van der Waals surface area contributed by atoms with Crippen LogP contribution in [-0.2, 0) is 33.0 Å². The predicted octanol–water partition coefficient (Wildman–Crippen LogP) is 3.79. The summed E-state index contributed by atoms with van der Waals surface area (Å²) in [5.41, 5.74) is -0.994. The maximum Gasteiger partial charge on any atom is 0.433 e. The molecule has 0 aliphatic carbocycles. The fourth-order valence-electron chi connectivity index (χ4n) is 2.38. The van der Waals surface area contributed by atoms with Crippen LogP contribution < -0.4 is 4.13 Å². The third kappa shape index (κ3) is 4.67. The largest absolute Gasteiger partial charge is 0.433 e. The molecule has 0 saturated carbocycles. The molecule has 3 aromatic rings. The molecule has 0 aliphatic heterocycles. The number of nitrogens with one attached hydrogen (secondary N) is 1. The highest BCUT2D eigenvalue weighted by Crippen LogP contribution is 2.35. The zero-order chi connectivity index (χ0) is 21.6. The number of sulfonamides is 1. The molecular formula is C16H13ClF3N3O3S3. The van der Waals surface area contributed by atoms with E-state index < -0.39 is 31.6 Å². The molecule has 2 heterocycles. The van der Waals surface area contributed by atoms with Crippen molar-refractivity contribution in [2.75, 3.05) is 0 Å². The first-order valence-corrected chi connectivity index (χ1v) is 12.1. The van der Waals surface area contributed by atoms with Gasteiger partial charge in [0.1, 0.15) is 15.6 Å². The van der Waals surface area contributed by atoms with E-state index in [0.29, 0.717) is 21.0 Å². The number of thiophene rings is 1. The van der Waals surface area contributed by atoms with Crippen LogP contribution in [0.5, 0.6) is 0 Å². The lowest BCUT2D eigenvalue weighted by molar-refractivity contribution is -0.143. The minimum Gasteiger partial charge on any atom is -0.263 e. The van der Waals surface area contributed by atoms with Crippen molar-refractivity contribution >= 4 is 48.5 Å². The van der Waals surface area contributed by atoms with Crippen molar-refractivity contribution < 1.29 is 25.8 Å². The standard InChI is InChI=1S/C16H13ClF3N3O3S3/c1-23-14(16(18,19)20)9-12(21-23)13-7-8-15(27-13)29(25,26)22-28(2,24)11-5-3-10(17)4-6-11/h3-9H,2H2,1H3,(H,22,24). The predicted molar refractivity (Wildman–Crippen MR) is 107 cm³/mol. The first kappa shape index (κ1) is 21.8. The van der Waals surface area contributed by atoms with E-state index in [2.05, 4.69) is 11.0 Å². The lowest BCUT2D eigenvalue weighted by Crippen LogP contribution is -2.30. The van der Waals surface area contributed by atoms with Gasteiger partial charge in [-0.1, -0.05) is 11.6 Å². The van der Waals surface area contributed by atoms with Gasteiger partial charge in [0.25, 0.3) is 10.0 Å². The van der Waals surface area contributed by atoms with E-state index in [1.54, 1.807) is 0 Å². The minimum absolute atomic E-state index is 0.0284. The molecule has 13 heteroatoms. The number of alkyl halides is 3. The van der Waals surface area contributed by atoms with E-state index >= 15 is 0 Å². The molecule has 0 aliphatic rings. The van der Waals surface area contributed by atoms with Crippen LogP contribution in [0.25, 0.3) is 10.6 Å². The number of hydrogen-bond acceptors (Lipinski definition) is 5. The summed E-state index contributed by atoms with van der Waals surface area (Å²) in [5, 5.41) is 4.16. The summed E-state index contributed by atoms with van der Waals surface area (Å²) in [7, 11) is -6.53. The van der Waals surface area contributed by atoms with Crippen molar-refractivity contribution in [3.63, 3.8) is 0 Å². The Labute approximate surface area is 174 Å². The molecule has 1 atom stereocenters. The molecule has 6 nitrogen and oxygen atoms in total. The topological polar surface area (TPSA) is 81.1 Å². The maximum absolute atomic E-state index is 12.9. The molecule has 156 valence electrons. The molecule has 0 saturated heterocycles. The van der Waals surface area contributed by atoms with E-state index in [4.69, 9.17) is 11.6 Å². The second-order valence-corrected chi connectivity index (χ2v) is 11.6. The van der Waals surface area contributed by atoms with Gasteiger partial charge in [0.05, 0.1) is 14.6 Å². The number of nitrogens with zero attached hydrogens (tertiary/aromatic N) is 2. The molecule has 1 unspecified atom stereocenters. The highest BCUT2D eigenvalue weighted by molar-refractivity contribution is 8.10. The summed E-state index contributed by atoms with van der Waals surface area (Å²) in [4.78, 5) is 0.334. The van der Waals surface area contributed by atoms with Crippen LogP contribution in [0.2, 0.25) is 5.02 Å². The molecule has 3 rings (SSSR count). The summed E-state index contributed by atoms with van der Waals surface area (Å²) >= 11 is 6.46. The Bertz CT molecular complexity index is 1260. The van der Waals surface area contributed by atoms with Gasteiger partial charge in [-0.3, -0.25) is 4.68 Å². The zero-order valence-electron chi connectivity index (χ0n) is 14.6. The van der Waals surface area contributed by atoms with Crippen molar-refractivity contribution in [2.45, 2.75) is 15.3 Å². The third-order valence-electron chi connectivity index (χ3n) is 3.71. The number of hydrogen-bond donors (Lipinski definition) is 1. The Morgan fingerprint density at radius 3 is 2.31 bits per heavy atom. The van der Waals surface area contributed by atoms with Crippen LogP contribution in [0.4, 0.5) is 13.2 Å². The lowest BCUT2D eigenvalue weighted by atomic mass is 10.3. The highest BCUT2D eigenvalue weighted by atomic mass is 35.5. The first-order valence-electron chi connectivity index (χ1n) is 7.67. The van der Waals surface area contributed by atoms with Crippen molar-refractivity contribution in [1.29, 1.82) is 0 Å². The molecule has 0 bridgehead atoms. The summed E-state index contributed by atoms with van der Waals surface area (Å²) < 4.78 is 79.2. The van der Waals surface area contributed by atoms with Crippen molar-refractivity contribution in [3.05, 3.63) is 53.2 Å². The number of aryl methyl sites for hydroxylation is 1. The Kier molecular flexibility index (Phi) is 5.60. The summed E-state index contributed by atoms with van der Waals surface area (Å²) in [6.07, 6.45) is -4.59. The van der Waals surface area contributed by atoms with E-state index in [9.17, 15) is 25.8 Å². The van der Waals surface area contributed by atoms with Crippen molar-refractivity contribution in [3.8, 4) is 10.6 Å². The molecule has 29 heavy (non-hydrogen) atoms. The number of rotatable bonds is 5. The Morgan fingerprint density at radius 1 is 1.14 bits per heavy atom. The van der Waals surface area contributed by atoms with Gasteiger partial charge in [0, 0.05) is 17.0 Å². The molecule has 1 aromatic carbocycles. The average Bonchev–Trinajstić information content (AvgIpc) is 3.20. The molecule has 2 aromatic heterocycles. The average molecular weight is 484 g/mol. The van der Waals surface area contributed by atoms with Crippen LogP contribution in [0, 0.1) is 0 Å². The number of benzene rings is 1. The monoisotopic (exact) mass is 483 g/mol. The normalized spacial score (nSPS) is 14.7. The zero-order valence-corrected chi connectivity index (χ0v) is 17.8. The van der Waals surface area contributed by atoms with Gasteiger partial charge < -0.3 is 0 Å². The molecule has 0 fully saturated rings. The Hall–Kier alpha value is -1.86. The van der Waals surface area contributed by atoms with Crippen LogP contribution in [-0.4, -0.2) is 28.3 Å². The first-order chi connectivity index (χ1) is 13.3. The molecule has 0 spiro atoms. The molecule has 0 amide bonds. The van der Waals surface area contributed by atoms with E-state index in [0.717, 1.165) is 13.1 Å². The fourth-order valence-corrected chi connectivity index (χ4v) is 7.16. The van der Waals surface area contributed by atoms with Crippen LogP contribution in [0.3, 0.4) is 0 Å². The third-order valence-corrected chi connectivity index (χ3v) is 9.42. The minimum atomic E-state index is -4.59. The Morgan fingerprint density at radius 2 is 1.76 bits per heavy atom. The van der Waals surface area contributed by atoms with Crippen molar-refractivity contribution in [1.82, 2.24) is 13.9 Å². The molecular weight excluding hydrogens is 471 g/mol. The quantitative estimate of drug-likeness (QED) is 0.560. The second kappa shape index (κ2) is 7.43. The van der Waals surface area contributed by atoms with Gasteiger partial charge in [0.2, 0.25) is 0 Å². The van der Waals surface area contributed by atoms with Crippen LogP contribution >= 0.6 is 22.9 Å². The van der Waals surface area contributed by atoms with Crippen molar-refractivity contribution in [2.24, 2.45) is 7.05 Å². The van der Waals surface area contributed by atoms with E-state index in [1.165, 1.54) is 36.4 Å². The van der Waals surface area contributed by atoms with Gasteiger partial charge in [-0.2, -0.15) is 18.3 Å². The highest BCUT2D eigenvalue weighted by Gasteiger charge is 2.35. The smallest absolute Gasteiger partial charge is 0.263 e. The van der Waals surface area contributed by atoms with Gasteiger partial charge in [-0.15, -0.1) is 15.5 Å². The van der Waals surface area contributed by atoms with Gasteiger partial charge in [0.15, 0.2) is 0 Å². The van der Waals surface area contributed by atoms with Gasteiger partial charge in [-0.25, -0.2) is 12.6 Å².